The Kier molecular flexibility index (Phi) is 2.19. The van der Waals surface area contributed by atoms with Gasteiger partial charge < -0.3 is 15.7 Å². The highest BCUT2D eigenvalue weighted by Crippen LogP contribution is 2.35. The summed E-state index contributed by atoms with van der Waals surface area (Å²) in [5.74, 6) is 0. The van der Waals surface area contributed by atoms with Crippen molar-refractivity contribution in [2.45, 2.75) is 31.4 Å². The second-order valence-electron chi connectivity index (χ2n) is 4.39. The Hall–Kier alpha value is -0.650. The first-order valence-electron chi connectivity index (χ1n) is 5.41. The fourth-order valence-corrected chi connectivity index (χ4v) is 2.74. The van der Waals surface area contributed by atoms with E-state index in [1.165, 1.54) is 10.6 Å². The Bertz CT molecular complexity index is 349. The molecule has 1 aromatic rings. The van der Waals surface area contributed by atoms with E-state index in [1.54, 1.807) is 11.3 Å². The highest BCUT2D eigenvalue weighted by atomic mass is 32.1. The van der Waals surface area contributed by atoms with Crippen molar-refractivity contribution in [3.05, 3.63) is 10.6 Å². The van der Waals surface area contributed by atoms with E-state index < -0.39 is 5.60 Å². The molecular weight excluding hydrogens is 210 g/mol. The highest BCUT2D eigenvalue weighted by molar-refractivity contribution is 7.15. The minimum absolute atomic E-state index is 0.440. The number of anilines is 1. The maximum Gasteiger partial charge on any atom is 0.183 e. The lowest BCUT2D eigenvalue weighted by molar-refractivity contribution is 0.164. The molecule has 0 spiro atoms. The molecule has 0 amide bonds. The summed E-state index contributed by atoms with van der Waals surface area (Å²) in [5.41, 5.74) is 0.786. The van der Waals surface area contributed by atoms with Crippen molar-refractivity contribution in [1.29, 1.82) is 0 Å². The Labute approximate surface area is 92.7 Å². The van der Waals surface area contributed by atoms with Gasteiger partial charge in [-0.2, -0.15) is 0 Å². The largest absolute Gasteiger partial charge is 0.388 e. The summed E-state index contributed by atoms with van der Waals surface area (Å²) in [6.45, 7) is 2.62. The van der Waals surface area contributed by atoms with Crippen LogP contribution in [0.4, 0.5) is 5.13 Å². The Balaban J connectivity index is 1.67. The van der Waals surface area contributed by atoms with Gasteiger partial charge in [0.25, 0.3) is 0 Å². The molecule has 5 heteroatoms. The van der Waals surface area contributed by atoms with Crippen molar-refractivity contribution in [2.24, 2.45) is 0 Å². The van der Waals surface area contributed by atoms with Crippen LogP contribution < -0.4 is 10.6 Å². The molecule has 2 aliphatic rings. The van der Waals surface area contributed by atoms with Crippen LogP contribution in [0.3, 0.4) is 0 Å². The van der Waals surface area contributed by atoms with Crippen LogP contribution in [0, 0.1) is 0 Å². The summed E-state index contributed by atoms with van der Waals surface area (Å²) in [6, 6.07) is 0. The molecule has 1 aromatic heterocycles. The number of nitrogens with one attached hydrogen (secondary N) is 2. The summed E-state index contributed by atoms with van der Waals surface area (Å²) >= 11 is 1.71. The fraction of sp³-hybridized carbons (Fsp3) is 0.700. The smallest absolute Gasteiger partial charge is 0.183 e. The quantitative estimate of drug-likeness (QED) is 0.709. The van der Waals surface area contributed by atoms with E-state index in [4.69, 9.17) is 0 Å². The topological polar surface area (TPSA) is 57.2 Å². The van der Waals surface area contributed by atoms with Gasteiger partial charge >= 0.3 is 0 Å². The minimum Gasteiger partial charge on any atom is -0.388 e. The predicted octanol–water partition coefficient (Wildman–Crippen LogP) is 0.726. The van der Waals surface area contributed by atoms with Crippen molar-refractivity contribution < 1.29 is 5.11 Å². The van der Waals surface area contributed by atoms with E-state index in [0.717, 1.165) is 37.5 Å². The third-order valence-corrected chi connectivity index (χ3v) is 4.05. The van der Waals surface area contributed by atoms with Crippen LogP contribution in [0.15, 0.2) is 0 Å². The van der Waals surface area contributed by atoms with Gasteiger partial charge in [-0.3, -0.25) is 0 Å². The molecule has 0 radical (unpaired) electrons. The highest BCUT2D eigenvalue weighted by Gasteiger charge is 2.40. The number of aliphatic hydroxyl groups is 1. The molecular formula is C10H15N3OS. The van der Waals surface area contributed by atoms with Crippen LogP contribution in [-0.2, 0) is 13.0 Å². The average Bonchev–Trinajstić information content (AvgIpc) is 2.83. The third-order valence-electron chi connectivity index (χ3n) is 3.00. The van der Waals surface area contributed by atoms with Gasteiger partial charge in [0.15, 0.2) is 5.13 Å². The summed E-state index contributed by atoms with van der Waals surface area (Å²) in [7, 11) is 0. The summed E-state index contributed by atoms with van der Waals surface area (Å²) in [5, 5.41) is 17.2. The molecule has 0 saturated heterocycles. The molecule has 2 heterocycles. The van der Waals surface area contributed by atoms with E-state index in [9.17, 15) is 5.11 Å². The molecule has 1 fully saturated rings. The zero-order valence-electron chi connectivity index (χ0n) is 8.55. The number of rotatable bonds is 3. The first kappa shape index (κ1) is 9.57. The molecule has 0 atom stereocenters. The maximum atomic E-state index is 9.69. The van der Waals surface area contributed by atoms with Gasteiger partial charge in [-0.05, 0) is 12.8 Å². The molecule has 4 nitrogen and oxygen atoms in total. The van der Waals surface area contributed by atoms with E-state index in [-0.39, 0.29) is 0 Å². The standard InChI is InChI=1S/C10H15N3OS/c14-10(2-3-10)6-12-9-13-7-1-4-11-5-8(7)15-9/h11,14H,1-6H2,(H,12,13). The zero-order chi connectivity index (χ0) is 10.3. The lowest BCUT2D eigenvalue weighted by Gasteiger charge is -2.09. The van der Waals surface area contributed by atoms with Crippen LogP contribution in [-0.4, -0.2) is 28.8 Å². The Morgan fingerprint density at radius 3 is 3.13 bits per heavy atom. The lowest BCUT2D eigenvalue weighted by Crippen LogP contribution is -2.22. The van der Waals surface area contributed by atoms with Gasteiger partial charge in [0.05, 0.1) is 11.3 Å². The van der Waals surface area contributed by atoms with Crippen molar-refractivity contribution in [3.8, 4) is 0 Å². The van der Waals surface area contributed by atoms with Gasteiger partial charge in [0, 0.05) is 30.9 Å². The number of fused-ring (bicyclic) bond motifs is 1. The Morgan fingerprint density at radius 1 is 1.53 bits per heavy atom. The molecule has 1 aliphatic carbocycles. The van der Waals surface area contributed by atoms with E-state index in [2.05, 4.69) is 15.6 Å². The van der Waals surface area contributed by atoms with E-state index in [0.29, 0.717) is 6.54 Å². The second kappa shape index (κ2) is 3.43. The predicted molar refractivity (Wildman–Crippen MR) is 60.2 cm³/mol. The monoisotopic (exact) mass is 225 g/mol. The normalized spacial score (nSPS) is 22.2. The first-order valence-corrected chi connectivity index (χ1v) is 6.22. The summed E-state index contributed by atoms with van der Waals surface area (Å²) in [4.78, 5) is 5.88. The molecule has 0 bridgehead atoms. The zero-order valence-corrected chi connectivity index (χ0v) is 9.36. The number of aromatic nitrogens is 1. The Morgan fingerprint density at radius 2 is 2.40 bits per heavy atom. The van der Waals surface area contributed by atoms with Crippen LogP contribution >= 0.6 is 11.3 Å². The molecule has 0 aromatic carbocycles. The number of nitrogens with zero attached hydrogens (tertiary/aromatic N) is 1. The van der Waals surface area contributed by atoms with Crippen molar-refractivity contribution >= 4 is 16.5 Å². The number of hydrogen-bond acceptors (Lipinski definition) is 5. The molecule has 15 heavy (non-hydrogen) atoms. The first-order chi connectivity index (χ1) is 7.25. The van der Waals surface area contributed by atoms with Crippen molar-refractivity contribution in [2.75, 3.05) is 18.4 Å². The van der Waals surface area contributed by atoms with Gasteiger partial charge in [0.2, 0.25) is 0 Å². The summed E-state index contributed by atoms with van der Waals surface area (Å²) < 4.78 is 0. The van der Waals surface area contributed by atoms with Crippen molar-refractivity contribution in [1.82, 2.24) is 10.3 Å². The van der Waals surface area contributed by atoms with Gasteiger partial charge in [-0.15, -0.1) is 11.3 Å². The van der Waals surface area contributed by atoms with Gasteiger partial charge in [-0.25, -0.2) is 4.98 Å². The molecule has 3 rings (SSSR count). The van der Waals surface area contributed by atoms with Gasteiger partial charge in [0.1, 0.15) is 0 Å². The minimum atomic E-state index is -0.440. The molecule has 1 saturated carbocycles. The van der Waals surface area contributed by atoms with Gasteiger partial charge in [-0.1, -0.05) is 0 Å². The molecule has 1 aliphatic heterocycles. The lowest BCUT2D eigenvalue weighted by atomic mass is 10.2. The number of thiazole rings is 1. The van der Waals surface area contributed by atoms with Crippen LogP contribution in [0.25, 0.3) is 0 Å². The third kappa shape index (κ3) is 2.00. The van der Waals surface area contributed by atoms with E-state index in [1.807, 2.05) is 0 Å². The fourth-order valence-electron chi connectivity index (χ4n) is 1.76. The van der Waals surface area contributed by atoms with Crippen molar-refractivity contribution in [3.63, 3.8) is 0 Å². The SMILES string of the molecule is OC1(CNc2nc3c(s2)CNCC3)CC1. The molecule has 0 unspecified atom stereocenters. The average molecular weight is 225 g/mol. The van der Waals surface area contributed by atoms with Crippen LogP contribution in [0.2, 0.25) is 0 Å². The van der Waals surface area contributed by atoms with Crippen LogP contribution in [0.5, 0.6) is 0 Å². The summed E-state index contributed by atoms with van der Waals surface area (Å²) in [6.07, 6.45) is 2.87. The molecule has 3 N–H and O–H groups in total. The second-order valence-corrected chi connectivity index (χ2v) is 5.48. The maximum absolute atomic E-state index is 9.69. The van der Waals surface area contributed by atoms with E-state index >= 15 is 0 Å². The number of hydrogen-bond donors (Lipinski definition) is 3. The molecule has 82 valence electrons. The van der Waals surface area contributed by atoms with Crippen LogP contribution in [0.1, 0.15) is 23.4 Å².